The Morgan fingerprint density at radius 1 is 1.35 bits per heavy atom. The number of hydrogen-bond donors (Lipinski definition) is 1. The number of aromatic nitrogens is 1. The van der Waals surface area contributed by atoms with Gasteiger partial charge in [0.2, 0.25) is 0 Å². The van der Waals surface area contributed by atoms with E-state index in [-0.39, 0.29) is 10.6 Å². The smallest absolute Gasteiger partial charge is 0.337 e. The number of halogens is 1. The molecule has 5 heteroatoms. The third-order valence-corrected chi connectivity index (χ3v) is 3.37. The van der Waals surface area contributed by atoms with Crippen LogP contribution in [-0.4, -0.2) is 29.7 Å². The summed E-state index contributed by atoms with van der Waals surface area (Å²) < 4.78 is 0. The number of carbonyl (C=O) groups is 1. The van der Waals surface area contributed by atoms with E-state index in [9.17, 15) is 4.79 Å². The second-order valence-electron chi connectivity index (χ2n) is 4.46. The van der Waals surface area contributed by atoms with Crippen molar-refractivity contribution >= 4 is 23.3 Å². The predicted octanol–water partition coefficient (Wildman–Crippen LogP) is 3.11. The van der Waals surface area contributed by atoms with E-state index in [0.29, 0.717) is 0 Å². The number of benzene rings is 1. The van der Waals surface area contributed by atoms with Crippen LogP contribution in [0.3, 0.4) is 0 Å². The maximum Gasteiger partial charge on any atom is 0.337 e. The highest BCUT2D eigenvalue weighted by atomic mass is 35.5. The van der Waals surface area contributed by atoms with E-state index < -0.39 is 5.97 Å². The third-order valence-electron chi connectivity index (χ3n) is 3.05. The first kappa shape index (κ1) is 14.3. The van der Waals surface area contributed by atoms with E-state index >= 15 is 0 Å². The van der Waals surface area contributed by atoms with Gasteiger partial charge in [0, 0.05) is 37.6 Å². The van der Waals surface area contributed by atoms with Crippen molar-refractivity contribution in [1.82, 2.24) is 4.98 Å². The fraction of sp³-hybridized carbons (Fsp3) is 0.200. The van der Waals surface area contributed by atoms with Gasteiger partial charge in [-0.2, -0.15) is 0 Å². The van der Waals surface area contributed by atoms with E-state index in [0.717, 1.165) is 24.3 Å². The van der Waals surface area contributed by atoms with Crippen LogP contribution < -0.4 is 4.90 Å². The summed E-state index contributed by atoms with van der Waals surface area (Å²) in [5, 5.41) is 9.19. The van der Waals surface area contributed by atoms with Crippen molar-refractivity contribution in [2.45, 2.75) is 6.42 Å². The minimum absolute atomic E-state index is 0.119. The van der Waals surface area contributed by atoms with Crippen molar-refractivity contribution in [1.29, 1.82) is 0 Å². The molecule has 1 aromatic heterocycles. The molecule has 0 spiro atoms. The molecule has 1 N–H and O–H groups in total. The quantitative estimate of drug-likeness (QED) is 0.919. The maximum atomic E-state index is 10.9. The molecule has 1 aromatic carbocycles. The molecule has 1 heterocycles. The normalized spacial score (nSPS) is 10.3. The lowest BCUT2D eigenvalue weighted by atomic mass is 10.2. The Morgan fingerprint density at radius 2 is 2.15 bits per heavy atom. The highest BCUT2D eigenvalue weighted by molar-refractivity contribution is 6.33. The zero-order chi connectivity index (χ0) is 14.5. The number of carboxylic acid groups (broad SMARTS) is 1. The molecule has 0 saturated heterocycles. The minimum Gasteiger partial charge on any atom is -0.478 e. The van der Waals surface area contributed by atoms with Gasteiger partial charge in [-0.3, -0.25) is 4.98 Å². The Kier molecular flexibility index (Phi) is 4.58. The van der Waals surface area contributed by atoms with Gasteiger partial charge in [0.25, 0.3) is 0 Å². The summed E-state index contributed by atoms with van der Waals surface area (Å²) in [4.78, 5) is 17.2. The predicted molar refractivity (Wildman–Crippen MR) is 79.6 cm³/mol. The Labute approximate surface area is 122 Å². The number of hydrogen-bond acceptors (Lipinski definition) is 3. The van der Waals surface area contributed by atoms with Crippen molar-refractivity contribution in [3.63, 3.8) is 0 Å². The number of carboxylic acids is 1. The molecule has 0 saturated carbocycles. The number of aromatic carboxylic acids is 1. The number of pyridine rings is 1. The first-order valence-corrected chi connectivity index (χ1v) is 6.59. The van der Waals surface area contributed by atoms with Crippen molar-refractivity contribution < 1.29 is 9.90 Å². The summed E-state index contributed by atoms with van der Waals surface area (Å²) in [5.74, 6) is -1.02. The largest absolute Gasteiger partial charge is 0.478 e. The van der Waals surface area contributed by atoms with Crippen LogP contribution in [0.5, 0.6) is 0 Å². The molecule has 0 aliphatic rings. The summed E-state index contributed by atoms with van der Waals surface area (Å²) >= 11 is 5.97. The van der Waals surface area contributed by atoms with Gasteiger partial charge in [0.15, 0.2) is 0 Å². The maximum absolute atomic E-state index is 10.9. The summed E-state index contributed by atoms with van der Waals surface area (Å²) in [6.07, 6.45) is 2.59. The van der Waals surface area contributed by atoms with Crippen LogP contribution in [0.2, 0.25) is 5.02 Å². The average Bonchev–Trinajstić information content (AvgIpc) is 2.45. The van der Waals surface area contributed by atoms with Crippen molar-refractivity contribution in [3.8, 4) is 0 Å². The van der Waals surface area contributed by atoms with E-state index in [4.69, 9.17) is 16.7 Å². The molecule has 20 heavy (non-hydrogen) atoms. The molecule has 0 aliphatic heterocycles. The molecule has 0 atom stereocenters. The highest BCUT2D eigenvalue weighted by Gasteiger charge is 2.10. The molecule has 4 nitrogen and oxygen atoms in total. The highest BCUT2D eigenvalue weighted by Crippen LogP contribution is 2.23. The van der Waals surface area contributed by atoms with Crippen LogP contribution in [0.4, 0.5) is 5.69 Å². The minimum atomic E-state index is -1.02. The van der Waals surface area contributed by atoms with E-state index in [1.54, 1.807) is 18.3 Å². The van der Waals surface area contributed by atoms with Gasteiger partial charge in [-0.25, -0.2) is 4.79 Å². The summed E-state index contributed by atoms with van der Waals surface area (Å²) in [6, 6.07) is 10.8. The second-order valence-corrected chi connectivity index (χ2v) is 4.87. The zero-order valence-electron chi connectivity index (χ0n) is 11.1. The van der Waals surface area contributed by atoms with Crippen LogP contribution in [-0.2, 0) is 6.42 Å². The van der Waals surface area contributed by atoms with Crippen LogP contribution in [0.15, 0.2) is 42.6 Å². The first-order valence-electron chi connectivity index (χ1n) is 6.22. The van der Waals surface area contributed by atoms with Crippen molar-refractivity contribution in [2.24, 2.45) is 0 Å². The average molecular weight is 291 g/mol. The third kappa shape index (κ3) is 3.48. The number of anilines is 1. The molecule has 0 amide bonds. The summed E-state index contributed by atoms with van der Waals surface area (Å²) in [5.41, 5.74) is 2.03. The Balaban J connectivity index is 2.04. The van der Waals surface area contributed by atoms with Gasteiger partial charge in [-0.05, 0) is 30.3 Å². The SMILES string of the molecule is CN(CCc1ccccn1)c1ccc(C(=O)O)c(Cl)c1. The molecule has 0 bridgehead atoms. The zero-order valence-corrected chi connectivity index (χ0v) is 11.8. The number of nitrogens with zero attached hydrogens (tertiary/aromatic N) is 2. The topological polar surface area (TPSA) is 53.4 Å². The fourth-order valence-electron chi connectivity index (χ4n) is 1.87. The molecule has 2 aromatic rings. The molecule has 0 aliphatic carbocycles. The van der Waals surface area contributed by atoms with Crippen molar-refractivity contribution in [3.05, 3.63) is 58.9 Å². The Bertz CT molecular complexity index is 602. The summed E-state index contributed by atoms with van der Waals surface area (Å²) in [6.45, 7) is 0.778. The summed E-state index contributed by atoms with van der Waals surface area (Å²) in [7, 11) is 1.94. The Hall–Kier alpha value is -2.07. The lowest BCUT2D eigenvalue weighted by Gasteiger charge is -2.19. The lowest BCUT2D eigenvalue weighted by Crippen LogP contribution is -2.20. The van der Waals surface area contributed by atoms with Gasteiger partial charge in [0.05, 0.1) is 10.6 Å². The van der Waals surface area contributed by atoms with E-state index in [1.807, 2.05) is 30.1 Å². The van der Waals surface area contributed by atoms with Gasteiger partial charge < -0.3 is 10.0 Å². The van der Waals surface area contributed by atoms with E-state index in [1.165, 1.54) is 6.07 Å². The fourth-order valence-corrected chi connectivity index (χ4v) is 2.13. The molecule has 0 radical (unpaired) electrons. The van der Waals surface area contributed by atoms with Crippen molar-refractivity contribution in [2.75, 3.05) is 18.5 Å². The molecule has 0 unspecified atom stereocenters. The monoisotopic (exact) mass is 290 g/mol. The number of rotatable bonds is 5. The molecule has 0 fully saturated rings. The van der Waals surface area contributed by atoms with Gasteiger partial charge in [-0.1, -0.05) is 17.7 Å². The molecular formula is C15H15ClN2O2. The van der Waals surface area contributed by atoms with Gasteiger partial charge >= 0.3 is 5.97 Å². The standard InChI is InChI=1S/C15H15ClN2O2/c1-18(9-7-11-4-2-3-8-17-11)12-5-6-13(15(19)20)14(16)10-12/h2-6,8,10H,7,9H2,1H3,(H,19,20). The molecule has 104 valence electrons. The molecule has 2 rings (SSSR count). The Morgan fingerprint density at radius 3 is 2.75 bits per heavy atom. The lowest BCUT2D eigenvalue weighted by molar-refractivity contribution is 0.0697. The second kappa shape index (κ2) is 6.39. The van der Waals surface area contributed by atoms with Gasteiger partial charge in [-0.15, -0.1) is 0 Å². The van der Waals surface area contributed by atoms with E-state index in [2.05, 4.69) is 4.98 Å². The number of likely N-dealkylation sites (N-methyl/N-ethyl adjacent to an activating group) is 1. The van der Waals surface area contributed by atoms with Gasteiger partial charge in [0.1, 0.15) is 0 Å². The van der Waals surface area contributed by atoms with Crippen LogP contribution in [0.25, 0.3) is 0 Å². The van der Waals surface area contributed by atoms with Crippen LogP contribution >= 0.6 is 11.6 Å². The van der Waals surface area contributed by atoms with Crippen LogP contribution in [0, 0.1) is 0 Å². The van der Waals surface area contributed by atoms with Crippen LogP contribution in [0.1, 0.15) is 16.1 Å². The first-order chi connectivity index (χ1) is 9.58. The molecular weight excluding hydrogens is 276 g/mol.